The van der Waals surface area contributed by atoms with Gasteiger partial charge in [0.2, 0.25) is 5.91 Å². The van der Waals surface area contributed by atoms with Crippen LogP contribution >= 0.6 is 11.8 Å². The molecule has 7 heteroatoms. The van der Waals surface area contributed by atoms with Gasteiger partial charge < -0.3 is 19.5 Å². The minimum Gasteiger partial charge on any atom is -0.497 e. The van der Waals surface area contributed by atoms with Crippen LogP contribution in [0, 0.1) is 0 Å². The van der Waals surface area contributed by atoms with E-state index in [1.54, 1.807) is 7.11 Å². The van der Waals surface area contributed by atoms with E-state index in [4.69, 9.17) is 4.74 Å². The Balaban J connectivity index is 1.66. The molecule has 1 amide bonds. The highest BCUT2D eigenvalue weighted by molar-refractivity contribution is 7.99. The van der Waals surface area contributed by atoms with E-state index in [-0.39, 0.29) is 5.91 Å². The van der Waals surface area contributed by atoms with Crippen LogP contribution < -0.4 is 15.0 Å². The molecule has 0 aliphatic rings. The monoisotopic (exact) mass is 424 g/mol. The van der Waals surface area contributed by atoms with Gasteiger partial charge in [0.15, 0.2) is 5.16 Å². The lowest BCUT2D eigenvalue weighted by Gasteiger charge is -2.13. The summed E-state index contributed by atoms with van der Waals surface area (Å²) in [7, 11) is 5.64. The molecule has 0 bridgehead atoms. The Labute approximate surface area is 182 Å². The molecular formula is C23H28N4O2S. The number of nitrogens with one attached hydrogen (secondary N) is 1. The summed E-state index contributed by atoms with van der Waals surface area (Å²) in [6.07, 6.45) is 2.86. The van der Waals surface area contributed by atoms with Gasteiger partial charge in [0, 0.05) is 37.6 Å². The van der Waals surface area contributed by atoms with Crippen molar-refractivity contribution in [2.75, 3.05) is 37.2 Å². The van der Waals surface area contributed by atoms with E-state index >= 15 is 0 Å². The van der Waals surface area contributed by atoms with Gasteiger partial charge in [-0.1, -0.05) is 18.7 Å². The zero-order chi connectivity index (χ0) is 21.5. The first-order chi connectivity index (χ1) is 14.5. The lowest BCUT2D eigenvalue weighted by molar-refractivity contribution is -0.113. The first-order valence-electron chi connectivity index (χ1n) is 9.91. The van der Waals surface area contributed by atoms with Crippen LogP contribution in [0.4, 0.5) is 11.4 Å². The van der Waals surface area contributed by atoms with Crippen molar-refractivity contribution in [3.63, 3.8) is 0 Å². The maximum atomic E-state index is 12.4. The summed E-state index contributed by atoms with van der Waals surface area (Å²) in [5.74, 6) is 1.08. The van der Waals surface area contributed by atoms with E-state index < -0.39 is 0 Å². The van der Waals surface area contributed by atoms with Crippen molar-refractivity contribution >= 4 is 29.0 Å². The van der Waals surface area contributed by atoms with Crippen molar-refractivity contribution < 1.29 is 9.53 Å². The summed E-state index contributed by atoms with van der Waals surface area (Å²) < 4.78 is 7.42. The fourth-order valence-corrected chi connectivity index (χ4v) is 3.88. The van der Waals surface area contributed by atoms with Crippen molar-refractivity contribution in [3.05, 3.63) is 54.7 Å². The molecule has 0 aliphatic carbocycles. The standard InChI is InChI=1S/C23H28N4O2S/c1-5-14-27-21(17-6-12-20(29-4)13-7-17)15-24-23(27)30-16-22(28)25-18-8-10-19(11-9-18)26(2)3/h6-13,15H,5,14,16H2,1-4H3,(H,25,28). The molecule has 1 heterocycles. The summed E-state index contributed by atoms with van der Waals surface area (Å²) in [5.41, 5.74) is 4.01. The summed E-state index contributed by atoms with van der Waals surface area (Å²) in [6.45, 7) is 2.98. The Kier molecular flexibility index (Phi) is 7.41. The second-order valence-electron chi connectivity index (χ2n) is 7.08. The van der Waals surface area contributed by atoms with Gasteiger partial charge in [-0.25, -0.2) is 4.98 Å². The SMILES string of the molecule is CCCn1c(-c2ccc(OC)cc2)cnc1SCC(=O)Nc1ccc(N(C)C)cc1. The molecule has 0 unspecified atom stereocenters. The third kappa shape index (κ3) is 5.36. The van der Waals surface area contributed by atoms with Crippen molar-refractivity contribution in [1.82, 2.24) is 9.55 Å². The molecule has 0 atom stereocenters. The molecule has 0 fully saturated rings. The first kappa shape index (κ1) is 21.8. The van der Waals surface area contributed by atoms with Crippen LogP contribution in [-0.2, 0) is 11.3 Å². The molecule has 3 aromatic rings. The molecule has 6 nitrogen and oxygen atoms in total. The predicted octanol–water partition coefficient (Wildman–Crippen LogP) is 4.77. The molecular weight excluding hydrogens is 396 g/mol. The average molecular weight is 425 g/mol. The van der Waals surface area contributed by atoms with E-state index in [1.807, 2.05) is 73.7 Å². The van der Waals surface area contributed by atoms with Crippen LogP contribution in [0.5, 0.6) is 5.75 Å². The first-order valence-corrected chi connectivity index (χ1v) is 10.9. The third-order valence-electron chi connectivity index (χ3n) is 4.65. The number of amides is 1. The third-order valence-corrected chi connectivity index (χ3v) is 5.64. The maximum Gasteiger partial charge on any atom is 0.234 e. The summed E-state index contributed by atoms with van der Waals surface area (Å²) in [5, 5.41) is 3.80. The number of anilines is 2. The fourth-order valence-electron chi connectivity index (χ4n) is 3.08. The second-order valence-corrected chi connectivity index (χ2v) is 8.03. The van der Waals surface area contributed by atoms with E-state index in [0.29, 0.717) is 5.75 Å². The van der Waals surface area contributed by atoms with Crippen molar-refractivity contribution in [3.8, 4) is 17.0 Å². The number of carbonyl (C=O) groups is 1. The van der Waals surface area contributed by atoms with Crippen LogP contribution in [0.2, 0.25) is 0 Å². The highest BCUT2D eigenvalue weighted by atomic mass is 32.2. The molecule has 0 aliphatic heterocycles. The summed E-state index contributed by atoms with van der Waals surface area (Å²) >= 11 is 1.45. The molecule has 2 aromatic carbocycles. The van der Waals surface area contributed by atoms with Crippen molar-refractivity contribution in [1.29, 1.82) is 0 Å². The molecule has 0 saturated heterocycles. The lowest BCUT2D eigenvalue weighted by Crippen LogP contribution is -2.15. The molecule has 0 radical (unpaired) electrons. The average Bonchev–Trinajstić information content (AvgIpc) is 3.15. The number of benzene rings is 2. The van der Waals surface area contributed by atoms with Crippen molar-refractivity contribution in [2.45, 2.75) is 25.0 Å². The van der Waals surface area contributed by atoms with Crippen LogP contribution in [0.1, 0.15) is 13.3 Å². The minimum atomic E-state index is -0.0466. The Bertz CT molecular complexity index is 966. The van der Waals surface area contributed by atoms with Gasteiger partial charge in [0.1, 0.15) is 5.75 Å². The van der Waals surface area contributed by atoms with Gasteiger partial charge >= 0.3 is 0 Å². The van der Waals surface area contributed by atoms with Gasteiger partial charge in [-0.2, -0.15) is 0 Å². The topological polar surface area (TPSA) is 59.4 Å². The van der Waals surface area contributed by atoms with E-state index in [2.05, 4.69) is 21.8 Å². The highest BCUT2D eigenvalue weighted by Gasteiger charge is 2.14. The zero-order valence-electron chi connectivity index (χ0n) is 17.9. The number of ether oxygens (including phenoxy) is 1. The molecule has 0 spiro atoms. The van der Waals surface area contributed by atoms with E-state index in [9.17, 15) is 4.79 Å². The zero-order valence-corrected chi connectivity index (χ0v) is 18.7. The Morgan fingerprint density at radius 3 is 2.43 bits per heavy atom. The highest BCUT2D eigenvalue weighted by Crippen LogP contribution is 2.28. The number of methoxy groups -OCH3 is 1. The number of nitrogens with zero attached hydrogens (tertiary/aromatic N) is 3. The minimum absolute atomic E-state index is 0.0466. The van der Waals surface area contributed by atoms with Crippen LogP contribution in [0.15, 0.2) is 59.9 Å². The van der Waals surface area contributed by atoms with Gasteiger partial charge in [0.05, 0.1) is 24.8 Å². The molecule has 1 aromatic heterocycles. The summed E-state index contributed by atoms with van der Waals surface area (Å²) in [4.78, 5) is 19.0. The quantitative estimate of drug-likeness (QED) is 0.502. The van der Waals surface area contributed by atoms with Crippen molar-refractivity contribution in [2.24, 2.45) is 0 Å². The number of thioether (sulfide) groups is 1. The molecule has 3 rings (SSSR count). The largest absolute Gasteiger partial charge is 0.497 e. The smallest absolute Gasteiger partial charge is 0.234 e. The lowest BCUT2D eigenvalue weighted by atomic mass is 10.1. The predicted molar refractivity (Wildman–Crippen MR) is 125 cm³/mol. The van der Waals surface area contributed by atoms with E-state index in [1.165, 1.54) is 11.8 Å². The van der Waals surface area contributed by atoms with Gasteiger partial charge in [-0.15, -0.1) is 0 Å². The van der Waals surface area contributed by atoms with Gasteiger partial charge in [0.25, 0.3) is 0 Å². The molecule has 158 valence electrons. The Morgan fingerprint density at radius 1 is 1.13 bits per heavy atom. The Hall–Kier alpha value is -2.93. The number of imidazole rings is 1. The number of hydrogen-bond acceptors (Lipinski definition) is 5. The van der Waals surface area contributed by atoms with Crippen LogP contribution in [-0.4, -0.2) is 42.4 Å². The maximum absolute atomic E-state index is 12.4. The van der Waals surface area contributed by atoms with Crippen LogP contribution in [0.25, 0.3) is 11.3 Å². The normalized spacial score (nSPS) is 10.7. The molecule has 1 N–H and O–H groups in total. The van der Waals surface area contributed by atoms with Crippen LogP contribution in [0.3, 0.4) is 0 Å². The van der Waals surface area contributed by atoms with Gasteiger partial charge in [-0.05, 0) is 55.0 Å². The molecule has 30 heavy (non-hydrogen) atoms. The summed E-state index contributed by atoms with van der Waals surface area (Å²) in [6, 6.07) is 15.7. The number of hydrogen-bond donors (Lipinski definition) is 1. The second kappa shape index (κ2) is 10.2. The number of aromatic nitrogens is 2. The molecule has 0 saturated carbocycles. The Morgan fingerprint density at radius 2 is 1.83 bits per heavy atom. The van der Waals surface area contributed by atoms with E-state index in [0.717, 1.165) is 46.5 Å². The van der Waals surface area contributed by atoms with Gasteiger partial charge in [-0.3, -0.25) is 4.79 Å². The number of carbonyl (C=O) groups excluding carboxylic acids is 1. The fraction of sp³-hybridized carbons (Fsp3) is 0.304. The number of rotatable bonds is 9.